The summed E-state index contributed by atoms with van der Waals surface area (Å²) in [5.41, 5.74) is 0.269. The number of carbonyl (C=O) groups excluding carboxylic acids is 1. The highest BCUT2D eigenvalue weighted by atomic mass is 35.5. The summed E-state index contributed by atoms with van der Waals surface area (Å²) in [6, 6.07) is 6.29. The first-order valence-electron chi connectivity index (χ1n) is 8.46. The van der Waals surface area contributed by atoms with Crippen LogP contribution < -0.4 is 5.56 Å². The predicted molar refractivity (Wildman–Crippen MR) is 100 cm³/mol. The van der Waals surface area contributed by atoms with Crippen molar-refractivity contribution in [1.29, 1.82) is 0 Å². The Morgan fingerprint density at radius 1 is 1.42 bits per heavy atom. The minimum atomic E-state index is -0.432. The Hall–Kier alpha value is -2.67. The Bertz CT molecular complexity index is 967. The van der Waals surface area contributed by atoms with E-state index in [2.05, 4.69) is 15.1 Å². The van der Waals surface area contributed by atoms with Gasteiger partial charge in [0.15, 0.2) is 0 Å². The van der Waals surface area contributed by atoms with E-state index in [0.717, 1.165) is 6.42 Å². The van der Waals surface area contributed by atoms with Crippen LogP contribution in [0.25, 0.3) is 10.9 Å². The zero-order chi connectivity index (χ0) is 18.7. The van der Waals surface area contributed by atoms with Gasteiger partial charge in [0.1, 0.15) is 11.9 Å². The van der Waals surface area contributed by atoms with Gasteiger partial charge >= 0.3 is 0 Å². The lowest BCUT2D eigenvalue weighted by atomic mass is 10.2. The van der Waals surface area contributed by atoms with Gasteiger partial charge in [-0.2, -0.15) is 5.10 Å². The van der Waals surface area contributed by atoms with Crippen LogP contribution in [0.2, 0.25) is 5.02 Å². The molecule has 7 nitrogen and oxygen atoms in total. The summed E-state index contributed by atoms with van der Waals surface area (Å²) in [5, 5.41) is 5.11. The highest BCUT2D eigenvalue weighted by molar-refractivity contribution is 6.31. The van der Waals surface area contributed by atoms with Crippen LogP contribution in [0.3, 0.4) is 0 Å². The fourth-order valence-corrected chi connectivity index (χ4v) is 3.01. The summed E-state index contributed by atoms with van der Waals surface area (Å²) >= 11 is 6.00. The monoisotopic (exact) mass is 373 g/mol. The number of nitrogens with zero attached hydrogens (tertiary/aromatic N) is 4. The van der Waals surface area contributed by atoms with E-state index in [1.54, 1.807) is 53.2 Å². The third kappa shape index (κ3) is 3.77. The fraction of sp³-hybridized carbons (Fsp3) is 0.333. The molecule has 2 aromatic heterocycles. The van der Waals surface area contributed by atoms with Crippen molar-refractivity contribution in [2.75, 3.05) is 6.54 Å². The maximum Gasteiger partial charge on any atom is 0.258 e. The van der Waals surface area contributed by atoms with Crippen molar-refractivity contribution in [3.05, 3.63) is 57.9 Å². The van der Waals surface area contributed by atoms with Gasteiger partial charge in [0.2, 0.25) is 5.91 Å². The molecular formula is C18H20ClN5O2. The number of H-pyrrole nitrogens is 1. The normalized spacial score (nSPS) is 12.3. The quantitative estimate of drug-likeness (QED) is 0.720. The van der Waals surface area contributed by atoms with Crippen molar-refractivity contribution in [3.8, 4) is 0 Å². The van der Waals surface area contributed by atoms with E-state index >= 15 is 0 Å². The zero-order valence-electron chi connectivity index (χ0n) is 14.6. The van der Waals surface area contributed by atoms with Gasteiger partial charge in [-0.3, -0.25) is 14.3 Å². The molecule has 8 heteroatoms. The Labute approximate surface area is 155 Å². The van der Waals surface area contributed by atoms with Crippen molar-refractivity contribution in [3.63, 3.8) is 0 Å². The standard InChI is InChI=1S/C18H20ClN5O2/c1-3-8-23(18(26)12(2)24-9-4-7-20-24)11-16-21-15-10-13(19)5-6-14(15)17(25)22-16/h4-7,9-10,12H,3,8,11H2,1-2H3,(H,21,22,25). The maximum atomic E-state index is 12.9. The van der Waals surface area contributed by atoms with E-state index in [4.69, 9.17) is 11.6 Å². The second-order valence-corrected chi connectivity index (χ2v) is 6.53. The average molecular weight is 374 g/mol. The molecule has 0 aliphatic heterocycles. The molecule has 0 radical (unpaired) electrons. The molecule has 1 N–H and O–H groups in total. The third-order valence-corrected chi connectivity index (χ3v) is 4.38. The number of aromatic amines is 1. The highest BCUT2D eigenvalue weighted by Crippen LogP contribution is 2.16. The summed E-state index contributed by atoms with van der Waals surface area (Å²) in [4.78, 5) is 34.1. The number of hydrogen-bond acceptors (Lipinski definition) is 4. The molecule has 1 atom stereocenters. The summed E-state index contributed by atoms with van der Waals surface area (Å²) in [6.07, 6.45) is 4.19. The van der Waals surface area contributed by atoms with Crippen LogP contribution in [-0.4, -0.2) is 37.1 Å². The number of fused-ring (bicyclic) bond motifs is 1. The number of aromatic nitrogens is 4. The van der Waals surface area contributed by atoms with E-state index in [-0.39, 0.29) is 18.0 Å². The maximum absolute atomic E-state index is 12.9. The molecule has 1 amide bonds. The Morgan fingerprint density at radius 2 is 2.23 bits per heavy atom. The molecule has 1 unspecified atom stereocenters. The molecule has 0 bridgehead atoms. The molecule has 0 aliphatic rings. The van der Waals surface area contributed by atoms with E-state index in [1.807, 2.05) is 6.92 Å². The summed E-state index contributed by atoms with van der Waals surface area (Å²) < 4.78 is 1.61. The first-order chi connectivity index (χ1) is 12.5. The van der Waals surface area contributed by atoms with Crippen LogP contribution >= 0.6 is 11.6 Å². The average Bonchev–Trinajstić information content (AvgIpc) is 3.14. The molecule has 0 saturated carbocycles. The van der Waals surface area contributed by atoms with Crippen LogP contribution in [0.5, 0.6) is 0 Å². The van der Waals surface area contributed by atoms with Crippen molar-refractivity contribution in [1.82, 2.24) is 24.6 Å². The lowest BCUT2D eigenvalue weighted by molar-refractivity contribution is -0.135. The largest absolute Gasteiger partial charge is 0.333 e. The number of halogens is 1. The molecule has 136 valence electrons. The van der Waals surface area contributed by atoms with E-state index in [0.29, 0.717) is 28.3 Å². The SMILES string of the molecule is CCCN(Cc1nc2cc(Cl)ccc2c(=O)[nH]1)C(=O)C(C)n1cccn1. The van der Waals surface area contributed by atoms with Crippen LogP contribution in [0.15, 0.2) is 41.5 Å². The summed E-state index contributed by atoms with van der Waals surface area (Å²) in [6.45, 7) is 4.57. The second kappa shape index (κ2) is 7.70. The second-order valence-electron chi connectivity index (χ2n) is 6.10. The van der Waals surface area contributed by atoms with Gasteiger partial charge in [0, 0.05) is 24.0 Å². The molecule has 26 heavy (non-hydrogen) atoms. The van der Waals surface area contributed by atoms with Gasteiger partial charge < -0.3 is 9.88 Å². The Morgan fingerprint density at radius 3 is 2.92 bits per heavy atom. The molecule has 3 rings (SSSR count). The van der Waals surface area contributed by atoms with Crippen LogP contribution in [0.4, 0.5) is 0 Å². The Balaban J connectivity index is 1.89. The highest BCUT2D eigenvalue weighted by Gasteiger charge is 2.22. The first kappa shape index (κ1) is 18.1. The van der Waals surface area contributed by atoms with Gasteiger partial charge in [-0.15, -0.1) is 0 Å². The van der Waals surface area contributed by atoms with Gasteiger partial charge in [0.25, 0.3) is 5.56 Å². The van der Waals surface area contributed by atoms with Crippen LogP contribution in [0.1, 0.15) is 32.1 Å². The Kier molecular flexibility index (Phi) is 5.37. The molecule has 2 heterocycles. The number of nitrogens with one attached hydrogen (secondary N) is 1. The van der Waals surface area contributed by atoms with E-state index in [9.17, 15) is 9.59 Å². The van der Waals surface area contributed by atoms with Gasteiger partial charge in [-0.05, 0) is 37.6 Å². The number of hydrogen-bond donors (Lipinski definition) is 1. The third-order valence-electron chi connectivity index (χ3n) is 4.14. The topological polar surface area (TPSA) is 83.9 Å². The lowest BCUT2D eigenvalue weighted by Crippen LogP contribution is -2.37. The molecular weight excluding hydrogens is 354 g/mol. The van der Waals surface area contributed by atoms with Crippen molar-refractivity contribution in [2.45, 2.75) is 32.9 Å². The molecule has 0 saturated heterocycles. The fourth-order valence-electron chi connectivity index (χ4n) is 2.84. The molecule has 3 aromatic rings. The minimum Gasteiger partial charge on any atom is -0.333 e. The molecule has 0 fully saturated rings. The zero-order valence-corrected chi connectivity index (χ0v) is 15.4. The van der Waals surface area contributed by atoms with Crippen molar-refractivity contribution >= 4 is 28.4 Å². The first-order valence-corrected chi connectivity index (χ1v) is 8.83. The number of amides is 1. The van der Waals surface area contributed by atoms with Gasteiger partial charge in [-0.25, -0.2) is 4.98 Å². The van der Waals surface area contributed by atoms with E-state index < -0.39 is 6.04 Å². The molecule has 1 aromatic carbocycles. The summed E-state index contributed by atoms with van der Waals surface area (Å²) in [7, 11) is 0. The van der Waals surface area contributed by atoms with Crippen molar-refractivity contribution in [2.24, 2.45) is 0 Å². The van der Waals surface area contributed by atoms with Crippen molar-refractivity contribution < 1.29 is 4.79 Å². The summed E-state index contributed by atoms with van der Waals surface area (Å²) in [5.74, 6) is 0.351. The lowest BCUT2D eigenvalue weighted by Gasteiger charge is -2.25. The van der Waals surface area contributed by atoms with Crippen LogP contribution in [-0.2, 0) is 11.3 Å². The number of benzene rings is 1. The van der Waals surface area contributed by atoms with Gasteiger partial charge in [-0.1, -0.05) is 18.5 Å². The smallest absolute Gasteiger partial charge is 0.258 e. The number of rotatable bonds is 6. The molecule has 0 aliphatic carbocycles. The number of carbonyl (C=O) groups is 1. The predicted octanol–water partition coefficient (Wildman–Crippen LogP) is 2.77. The van der Waals surface area contributed by atoms with E-state index in [1.165, 1.54) is 0 Å². The van der Waals surface area contributed by atoms with Gasteiger partial charge in [0.05, 0.1) is 17.4 Å². The minimum absolute atomic E-state index is 0.0793. The van der Waals surface area contributed by atoms with Crippen LogP contribution in [0, 0.1) is 0 Å². The molecule has 0 spiro atoms.